The Bertz CT molecular complexity index is 772. The second-order valence-electron chi connectivity index (χ2n) is 7.10. The Balaban J connectivity index is 1.48. The first-order valence-corrected chi connectivity index (χ1v) is 9.40. The van der Waals surface area contributed by atoms with E-state index in [9.17, 15) is 9.59 Å². The maximum atomic E-state index is 12.4. The summed E-state index contributed by atoms with van der Waals surface area (Å²) in [6.07, 6.45) is 0.247. The predicted octanol–water partition coefficient (Wildman–Crippen LogP) is 3.36. The van der Waals surface area contributed by atoms with Gasteiger partial charge in [-0.2, -0.15) is 0 Å². The molecule has 1 aliphatic heterocycles. The van der Waals surface area contributed by atoms with Crippen LogP contribution in [0.5, 0.6) is 5.75 Å². The molecule has 2 aromatic carbocycles. The van der Waals surface area contributed by atoms with Crippen molar-refractivity contribution in [3.63, 3.8) is 0 Å². The van der Waals surface area contributed by atoms with Crippen LogP contribution in [0.2, 0.25) is 0 Å². The van der Waals surface area contributed by atoms with Crippen molar-refractivity contribution in [2.45, 2.75) is 26.2 Å². The number of hydrogen-bond donors (Lipinski definition) is 1. The summed E-state index contributed by atoms with van der Waals surface area (Å²) in [6.45, 7) is 5.51. The van der Waals surface area contributed by atoms with E-state index in [1.54, 1.807) is 4.90 Å². The molecular weight excluding hydrogens is 340 g/mol. The van der Waals surface area contributed by atoms with E-state index in [0.29, 0.717) is 25.6 Å². The Morgan fingerprint density at radius 2 is 1.85 bits per heavy atom. The number of nitrogens with one attached hydrogen (secondary N) is 1. The third kappa shape index (κ3) is 4.88. The van der Waals surface area contributed by atoms with E-state index >= 15 is 0 Å². The number of amides is 2. The molecule has 1 N–H and O–H groups in total. The maximum absolute atomic E-state index is 12.4. The lowest BCUT2D eigenvalue weighted by Crippen LogP contribution is -2.35. The van der Waals surface area contributed by atoms with Crippen LogP contribution < -0.4 is 15.0 Å². The Morgan fingerprint density at radius 1 is 1.15 bits per heavy atom. The molecule has 1 fully saturated rings. The number of carbonyl (C=O) groups is 2. The molecule has 1 heterocycles. The second-order valence-corrected chi connectivity index (χ2v) is 7.10. The standard InChI is InChI=1S/C22H26N2O3/c1-16(2)17-8-10-19(11-9-17)24-15-18(14-21(24)25)22(26)23-12-13-27-20-6-4-3-5-7-20/h3-11,16,18H,12-15H2,1-2H3,(H,23,26)/t18-/m1/s1. The zero-order valence-corrected chi connectivity index (χ0v) is 15.9. The molecule has 2 amide bonds. The highest BCUT2D eigenvalue weighted by Gasteiger charge is 2.34. The summed E-state index contributed by atoms with van der Waals surface area (Å²) in [6, 6.07) is 17.5. The lowest BCUT2D eigenvalue weighted by molar-refractivity contribution is -0.126. The van der Waals surface area contributed by atoms with E-state index in [1.807, 2.05) is 54.6 Å². The van der Waals surface area contributed by atoms with Crippen molar-refractivity contribution in [1.82, 2.24) is 5.32 Å². The fourth-order valence-corrected chi connectivity index (χ4v) is 3.18. The number of anilines is 1. The third-order valence-corrected chi connectivity index (χ3v) is 4.78. The van der Waals surface area contributed by atoms with E-state index in [-0.39, 0.29) is 24.2 Å². The molecule has 0 aromatic heterocycles. The molecule has 0 radical (unpaired) electrons. The molecule has 5 heteroatoms. The first kappa shape index (κ1) is 19.0. The molecule has 0 saturated carbocycles. The Kier molecular flexibility index (Phi) is 6.12. The zero-order valence-electron chi connectivity index (χ0n) is 15.9. The van der Waals surface area contributed by atoms with Gasteiger partial charge in [-0.3, -0.25) is 9.59 Å². The van der Waals surface area contributed by atoms with Gasteiger partial charge in [0.25, 0.3) is 0 Å². The highest BCUT2D eigenvalue weighted by atomic mass is 16.5. The first-order valence-electron chi connectivity index (χ1n) is 9.40. The summed E-state index contributed by atoms with van der Waals surface area (Å²) in [5.74, 6) is 0.803. The van der Waals surface area contributed by atoms with Gasteiger partial charge in [0.2, 0.25) is 11.8 Å². The average Bonchev–Trinajstić information content (AvgIpc) is 3.08. The molecule has 5 nitrogen and oxygen atoms in total. The average molecular weight is 366 g/mol. The number of hydrogen-bond acceptors (Lipinski definition) is 3. The quantitative estimate of drug-likeness (QED) is 0.765. The molecule has 0 spiro atoms. The summed E-state index contributed by atoms with van der Waals surface area (Å²) in [5, 5.41) is 2.87. The molecule has 0 aliphatic carbocycles. The molecule has 0 bridgehead atoms. The van der Waals surface area contributed by atoms with Crippen molar-refractivity contribution in [2.75, 3.05) is 24.6 Å². The molecule has 3 rings (SSSR count). The zero-order chi connectivity index (χ0) is 19.2. The van der Waals surface area contributed by atoms with E-state index < -0.39 is 0 Å². The van der Waals surface area contributed by atoms with E-state index in [4.69, 9.17) is 4.74 Å². The molecule has 0 unspecified atom stereocenters. The molecular formula is C22H26N2O3. The highest BCUT2D eigenvalue weighted by Crippen LogP contribution is 2.26. The van der Waals surface area contributed by atoms with Crippen LogP contribution in [-0.2, 0) is 9.59 Å². The Labute approximate surface area is 160 Å². The van der Waals surface area contributed by atoms with Crippen molar-refractivity contribution >= 4 is 17.5 Å². The fourth-order valence-electron chi connectivity index (χ4n) is 3.18. The maximum Gasteiger partial charge on any atom is 0.227 e. The molecule has 142 valence electrons. The van der Waals surface area contributed by atoms with E-state index in [0.717, 1.165) is 11.4 Å². The van der Waals surface area contributed by atoms with Gasteiger partial charge >= 0.3 is 0 Å². The molecule has 1 atom stereocenters. The Hall–Kier alpha value is -2.82. The summed E-state index contributed by atoms with van der Waals surface area (Å²) >= 11 is 0. The van der Waals surface area contributed by atoms with Gasteiger partial charge in [0.15, 0.2) is 0 Å². The number of carbonyl (C=O) groups excluding carboxylic acids is 2. The topological polar surface area (TPSA) is 58.6 Å². The Morgan fingerprint density at radius 3 is 2.52 bits per heavy atom. The third-order valence-electron chi connectivity index (χ3n) is 4.78. The van der Waals surface area contributed by atoms with Gasteiger partial charge in [-0.1, -0.05) is 44.2 Å². The number of rotatable bonds is 7. The molecule has 1 aliphatic rings. The number of nitrogens with zero attached hydrogens (tertiary/aromatic N) is 1. The van der Waals surface area contributed by atoms with Crippen molar-refractivity contribution in [3.8, 4) is 5.75 Å². The van der Waals surface area contributed by atoms with Crippen LogP contribution in [0.15, 0.2) is 54.6 Å². The van der Waals surface area contributed by atoms with Crippen molar-refractivity contribution < 1.29 is 14.3 Å². The summed E-state index contributed by atoms with van der Waals surface area (Å²) in [7, 11) is 0. The highest BCUT2D eigenvalue weighted by molar-refractivity contribution is 6.00. The SMILES string of the molecule is CC(C)c1ccc(N2C[C@H](C(=O)NCCOc3ccccc3)CC2=O)cc1. The van der Waals surface area contributed by atoms with Gasteiger partial charge in [0.05, 0.1) is 12.5 Å². The van der Waals surface area contributed by atoms with E-state index in [2.05, 4.69) is 19.2 Å². The monoisotopic (exact) mass is 366 g/mol. The van der Waals surface area contributed by atoms with Crippen molar-refractivity contribution in [3.05, 3.63) is 60.2 Å². The van der Waals surface area contributed by atoms with Crippen LogP contribution in [-0.4, -0.2) is 31.5 Å². The minimum atomic E-state index is -0.320. The van der Waals surface area contributed by atoms with Crippen LogP contribution >= 0.6 is 0 Å². The van der Waals surface area contributed by atoms with Crippen LogP contribution in [0.3, 0.4) is 0 Å². The van der Waals surface area contributed by atoms with Crippen molar-refractivity contribution in [2.24, 2.45) is 5.92 Å². The minimum Gasteiger partial charge on any atom is -0.492 e. The fraction of sp³-hybridized carbons (Fsp3) is 0.364. The second kappa shape index (κ2) is 8.71. The summed E-state index contributed by atoms with van der Waals surface area (Å²) in [5.41, 5.74) is 2.09. The number of ether oxygens (including phenoxy) is 1. The normalized spacial score (nSPS) is 16.6. The van der Waals surface area contributed by atoms with Crippen molar-refractivity contribution in [1.29, 1.82) is 0 Å². The number of benzene rings is 2. The van der Waals surface area contributed by atoms with E-state index in [1.165, 1.54) is 5.56 Å². The molecule has 1 saturated heterocycles. The lowest BCUT2D eigenvalue weighted by atomic mass is 10.0. The smallest absolute Gasteiger partial charge is 0.227 e. The van der Waals surface area contributed by atoms with Crippen LogP contribution in [0.1, 0.15) is 31.7 Å². The van der Waals surface area contributed by atoms with Crippen LogP contribution in [0.4, 0.5) is 5.69 Å². The number of para-hydroxylation sites is 1. The molecule has 27 heavy (non-hydrogen) atoms. The van der Waals surface area contributed by atoms with Gasteiger partial charge in [-0.15, -0.1) is 0 Å². The largest absolute Gasteiger partial charge is 0.492 e. The summed E-state index contributed by atoms with van der Waals surface area (Å²) in [4.78, 5) is 26.4. The van der Waals surface area contributed by atoms with Crippen LogP contribution in [0, 0.1) is 5.92 Å². The van der Waals surface area contributed by atoms with Gasteiger partial charge in [0, 0.05) is 18.7 Å². The molecule has 2 aromatic rings. The van der Waals surface area contributed by atoms with Gasteiger partial charge in [-0.25, -0.2) is 0 Å². The van der Waals surface area contributed by atoms with Gasteiger partial charge in [-0.05, 0) is 35.7 Å². The predicted molar refractivity (Wildman–Crippen MR) is 106 cm³/mol. The van der Waals surface area contributed by atoms with Gasteiger partial charge in [0.1, 0.15) is 12.4 Å². The van der Waals surface area contributed by atoms with Gasteiger partial charge < -0.3 is 15.0 Å². The minimum absolute atomic E-state index is 0.00650. The summed E-state index contributed by atoms with van der Waals surface area (Å²) < 4.78 is 5.57. The lowest BCUT2D eigenvalue weighted by Gasteiger charge is -2.18. The van der Waals surface area contributed by atoms with Crippen LogP contribution in [0.25, 0.3) is 0 Å². The first-order chi connectivity index (χ1) is 13.0.